The number of hydrogen-bond donors (Lipinski definition) is 0. The molecule has 0 spiro atoms. The van der Waals surface area contributed by atoms with E-state index in [-0.39, 0.29) is 5.78 Å². The number of Topliss-reactive ketones (excluding diaryl/α,β-unsaturated/α-hetero) is 1. The summed E-state index contributed by atoms with van der Waals surface area (Å²) in [6, 6.07) is 14.6. The van der Waals surface area contributed by atoms with Crippen LogP contribution >= 0.6 is 23.4 Å². The van der Waals surface area contributed by atoms with Crippen molar-refractivity contribution in [3.63, 3.8) is 0 Å². The van der Waals surface area contributed by atoms with Crippen LogP contribution in [0.25, 0.3) is 0 Å². The number of carbonyl (C=O) groups excluding carboxylic acids is 1. The van der Waals surface area contributed by atoms with Gasteiger partial charge < -0.3 is 4.74 Å². The summed E-state index contributed by atoms with van der Waals surface area (Å²) in [5.41, 5.74) is 0.562. The first-order chi connectivity index (χ1) is 9.61. The molecule has 0 bridgehead atoms. The topological polar surface area (TPSA) is 26.3 Å². The van der Waals surface area contributed by atoms with Crippen LogP contribution in [0.4, 0.5) is 0 Å². The van der Waals surface area contributed by atoms with Crippen LogP contribution in [-0.2, 0) is 0 Å². The summed E-state index contributed by atoms with van der Waals surface area (Å²) in [6.07, 6.45) is 1.42. The molecule has 0 saturated heterocycles. The minimum atomic E-state index is -0.554. The zero-order chi connectivity index (χ0) is 14.5. The molecule has 0 N–H and O–H groups in total. The molecule has 0 radical (unpaired) electrons. The molecule has 104 valence electrons. The first-order valence-corrected chi connectivity index (χ1v) is 7.81. The lowest BCUT2D eigenvalue weighted by Gasteiger charge is -2.16. The molecule has 0 aliphatic rings. The van der Waals surface area contributed by atoms with Crippen LogP contribution in [0, 0.1) is 0 Å². The maximum Gasteiger partial charge on any atom is 0.203 e. The highest BCUT2D eigenvalue weighted by molar-refractivity contribution is 7.98. The second-order valence-electron chi connectivity index (χ2n) is 4.29. The highest BCUT2D eigenvalue weighted by atomic mass is 35.5. The lowest BCUT2D eigenvalue weighted by molar-refractivity contribution is 0.0814. The van der Waals surface area contributed by atoms with Crippen LogP contribution in [0.5, 0.6) is 5.75 Å². The van der Waals surface area contributed by atoms with E-state index in [1.807, 2.05) is 30.5 Å². The molecule has 0 aliphatic heterocycles. The van der Waals surface area contributed by atoms with Crippen molar-refractivity contribution >= 4 is 29.1 Å². The number of thioether (sulfide) groups is 1. The number of ketones is 1. The van der Waals surface area contributed by atoms with Gasteiger partial charge in [0.25, 0.3) is 0 Å². The molecule has 2 aromatic carbocycles. The first kappa shape index (κ1) is 14.9. The monoisotopic (exact) mass is 306 g/mol. The molecule has 0 aromatic heterocycles. The van der Waals surface area contributed by atoms with Gasteiger partial charge in [0, 0.05) is 15.5 Å². The standard InChI is InChI=1S/C16H15ClO2S/c1-11(16(18)12-6-5-7-13(17)10-12)19-14-8-3-4-9-15(14)20-2/h3-11H,1-2H3. The summed E-state index contributed by atoms with van der Waals surface area (Å²) in [5, 5.41) is 0.549. The largest absolute Gasteiger partial charge is 0.481 e. The van der Waals surface area contributed by atoms with E-state index in [4.69, 9.17) is 16.3 Å². The van der Waals surface area contributed by atoms with Crippen molar-refractivity contribution in [2.24, 2.45) is 0 Å². The molecule has 20 heavy (non-hydrogen) atoms. The molecule has 0 saturated carbocycles. The summed E-state index contributed by atoms with van der Waals surface area (Å²) in [5.74, 6) is 0.645. The number of benzene rings is 2. The van der Waals surface area contributed by atoms with Crippen molar-refractivity contribution in [1.29, 1.82) is 0 Å². The fraction of sp³-hybridized carbons (Fsp3) is 0.188. The van der Waals surface area contributed by atoms with Gasteiger partial charge in [-0.3, -0.25) is 4.79 Å². The molecule has 0 aliphatic carbocycles. The number of carbonyl (C=O) groups is 1. The van der Waals surface area contributed by atoms with Crippen molar-refractivity contribution < 1.29 is 9.53 Å². The maximum atomic E-state index is 12.3. The van der Waals surface area contributed by atoms with E-state index in [9.17, 15) is 4.79 Å². The van der Waals surface area contributed by atoms with Crippen LogP contribution in [0.3, 0.4) is 0 Å². The average molecular weight is 307 g/mol. The predicted octanol–water partition coefficient (Wildman–Crippen LogP) is 4.71. The van der Waals surface area contributed by atoms with Crippen molar-refractivity contribution in [3.05, 3.63) is 59.1 Å². The molecule has 2 nitrogen and oxygen atoms in total. The van der Waals surface area contributed by atoms with Gasteiger partial charge in [-0.2, -0.15) is 0 Å². The van der Waals surface area contributed by atoms with Gasteiger partial charge in [-0.15, -0.1) is 11.8 Å². The van der Waals surface area contributed by atoms with E-state index < -0.39 is 6.10 Å². The average Bonchev–Trinajstić information content (AvgIpc) is 2.47. The molecule has 4 heteroatoms. The Morgan fingerprint density at radius 1 is 1.20 bits per heavy atom. The van der Waals surface area contributed by atoms with Crippen molar-refractivity contribution in [1.82, 2.24) is 0 Å². The zero-order valence-corrected chi connectivity index (χ0v) is 12.9. The van der Waals surface area contributed by atoms with Gasteiger partial charge in [0.15, 0.2) is 6.10 Å². The zero-order valence-electron chi connectivity index (χ0n) is 11.3. The Morgan fingerprint density at radius 3 is 2.65 bits per heavy atom. The molecular formula is C16H15ClO2S. The van der Waals surface area contributed by atoms with Crippen LogP contribution in [0.2, 0.25) is 5.02 Å². The summed E-state index contributed by atoms with van der Waals surface area (Å²) in [7, 11) is 0. The third-order valence-corrected chi connectivity index (χ3v) is 3.86. The van der Waals surface area contributed by atoms with Crippen molar-refractivity contribution in [2.75, 3.05) is 6.26 Å². The van der Waals surface area contributed by atoms with Gasteiger partial charge in [-0.25, -0.2) is 0 Å². The number of para-hydroxylation sites is 1. The molecule has 0 fully saturated rings. The lowest BCUT2D eigenvalue weighted by atomic mass is 10.1. The van der Waals surface area contributed by atoms with Crippen molar-refractivity contribution in [3.8, 4) is 5.75 Å². The van der Waals surface area contributed by atoms with E-state index in [2.05, 4.69) is 0 Å². The van der Waals surface area contributed by atoms with E-state index in [1.54, 1.807) is 43.0 Å². The van der Waals surface area contributed by atoms with E-state index in [0.717, 1.165) is 10.6 Å². The lowest BCUT2D eigenvalue weighted by Crippen LogP contribution is -2.24. The number of rotatable bonds is 5. The van der Waals surface area contributed by atoms with Gasteiger partial charge in [0.2, 0.25) is 5.78 Å². The Bertz CT molecular complexity index is 613. The maximum absolute atomic E-state index is 12.3. The highest BCUT2D eigenvalue weighted by Crippen LogP contribution is 2.28. The SMILES string of the molecule is CSc1ccccc1OC(C)C(=O)c1cccc(Cl)c1. The van der Waals surface area contributed by atoms with Gasteiger partial charge >= 0.3 is 0 Å². The van der Waals surface area contributed by atoms with E-state index in [1.165, 1.54) is 0 Å². The Hall–Kier alpha value is -1.45. The summed E-state index contributed by atoms with van der Waals surface area (Å²) in [6.45, 7) is 1.75. The Morgan fingerprint density at radius 2 is 1.95 bits per heavy atom. The molecular weight excluding hydrogens is 292 g/mol. The fourth-order valence-corrected chi connectivity index (χ4v) is 2.56. The van der Waals surface area contributed by atoms with Gasteiger partial charge in [-0.05, 0) is 37.4 Å². The molecule has 1 atom stereocenters. The molecule has 0 heterocycles. The number of hydrogen-bond acceptors (Lipinski definition) is 3. The Labute approximate surface area is 128 Å². The van der Waals surface area contributed by atoms with Crippen LogP contribution in [-0.4, -0.2) is 18.1 Å². The van der Waals surface area contributed by atoms with Gasteiger partial charge in [0.1, 0.15) is 5.75 Å². The Kier molecular flexibility index (Phi) is 5.10. The minimum Gasteiger partial charge on any atom is -0.481 e. The smallest absolute Gasteiger partial charge is 0.203 e. The van der Waals surface area contributed by atoms with E-state index in [0.29, 0.717) is 10.6 Å². The third kappa shape index (κ3) is 3.56. The second kappa shape index (κ2) is 6.82. The van der Waals surface area contributed by atoms with Crippen molar-refractivity contribution in [2.45, 2.75) is 17.9 Å². The fourth-order valence-electron chi connectivity index (χ4n) is 1.84. The summed E-state index contributed by atoms with van der Waals surface area (Å²) in [4.78, 5) is 13.3. The summed E-state index contributed by atoms with van der Waals surface area (Å²) < 4.78 is 5.78. The molecule has 0 amide bonds. The predicted molar refractivity (Wildman–Crippen MR) is 84.1 cm³/mol. The highest BCUT2D eigenvalue weighted by Gasteiger charge is 2.18. The second-order valence-corrected chi connectivity index (χ2v) is 5.57. The summed E-state index contributed by atoms with van der Waals surface area (Å²) >= 11 is 7.50. The third-order valence-electron chi connectivity index (χ3n) is 2.85. The molecule has 1 unspecified atom stereocenters. The minimum absolute atomic E-state index is 0.0802. The van der Waals surface area contributed by atoms with Gasteiger partial charge in [-0.1, -0.05) is 35.9 Å². The molecule has 2 aromatic rings. The quantitative estimate of drug-likeness (QED) is 0.591. The van der Waals surface area contributed by atoms with Gasteiger partial charge in [0.05, 0.1) is 0 Å². The molecule has 2 rings (SSSR count). The number of ether oxygens (including phenoxy) is 1. The Balaban J connectivity index is 2.15. The van der Waals surface area contributed by atoms with Crippen LogP contribution in [0.1, 0.15) is 17.3 Å². The van der Waals surface area contributed by atoms with E-state index >= 15 is 0 Å². The van der Waals surface area contributed by atoms with Crippen LogP contribution in [0.15, 0.2) is 53.4 Å². The first-order valence-electron chi connectivity index (χ1n) is 6.21. The number of halogens is 1. The normalized spacial score (nSPS) is 11.9. The van der Waals surface area contributed by atoms with Crippen LogP contribution < -0.4 is 4.74 Å².